The van der Waals surface area contributed by atoms with Crippen LogP contribution in [0, 0.1) is 17.1 Å². The number of piperidine rings is 1. The van der Waals surface area contributed by atoms with E-state index < -0.39 is 11.8 Å². The van der Waals surface area contributed by atoms with Gasteiger partial charge < -0.3 is 16.0 Å². The van der Waals surface area contributed by atoms with Crippen LogP contribution in [-0.2, 0) is 0 Å². The Morgan fingerprint density at radius 3 is 2.68 bits per heavy atom. The molecule has 0 radical (unpaired) electrons. The fraction of sp³-hybridized carbons (Fsp3) is 0.385. The molecule has 1 heterocycles. The van der Waals surface area contributed by atoms with Crippen LogP contribution in [0.5, 0.6) is 0 Å². The number of urea groups is 1. The Labute approximate surface area is 110 Å². The molecule has 1 fully saturated rings. The molecule has 1 aromatic carbocycles. The molecular weight excluding hydrogens is 247 g/mol. The summed E-state index contributed by atoms with van der Waals surface area (Å²) >= 11 is 0. The van der Waals surface area contributed by atoms with Gasteiger partial charge in [0.15, 0.2) is 0 Å². The first-order valence-corrected chi connectivity index (χ1v) is 6.10. The molecule has 0 spiro atoms. The summed E-state index contributed by atoms with van der Waals surface area (Å²) < 4.78 is 13.7. The highest BCUT2D eigenvalue weighted by Crippen LogP contribution is 2.20. The van der Waals surface area contributed by atoms with Gasteiger partial charge in [-0.3, -0.25) is 0 Å². The van der Waals surface area contributed by atoms with Crippen molar-refractivity contribution in [3.63, 3.8) is 0 Å². The standard InChI is InChI=1S/C13H15FN4O/c14-11-7-9(8-15)1-2-12(11)17-10-3-5-18(6-4-10)13(16)19/h1-2,7,10,17H,3-6H2,(H2,16,19). The number of primary amides is 1. The van der Waals surface area contributed by atoms with Crippen LogP contribution in [-0.4, -0.2) is 30.1 Å². The van der Waals surface area contributed by atoms with Gasteiger partial charge >= 0.3 is 6.03 Å². The van der Waals surface area contributed by atoms with Gasteiger partial charge in [0.1, 0.15) is 5.82 Å². The zero-order chi connectivity index (χ0) is 13.8. The number of nitrogens with zero attached hydrogens (tertiary/aromatic N) is 2. The zero-order valence-electron chi connectivity index (χ0n) is 10.4. The van der Waals surface area contributed by atoms with Crippen molar-refractivity contribution in [2.75, 3.05) is 18.4 Å². The van der Waals surface area contributed by atoms with Crippen molar-refractivity contribution >= 4 is 11.7 Å². The highest BCUT2D eigenvalue weighted by molar-refractivity contribution is 5.72. The molecule has 1 aliphatic rings. The molecule has 2 rings (SSSR count). The van der Waals surface area contributed by atoms with Gasteiger partial charge in [0.05, 0.1) is 17.3 Å². The molecule has 0 atom stereocenters. The number of anilines is 1. The van der Waals surface area contributed by atoms with E-state index in [2.05, 4.69) is 5.32 Å². The molecule has 1 saturated heterocycles. The third kappa shape index (κ3) is 3.13. The van der Waals surface area contributed by atoms with Gasteiger partial charge in [-0.2, -0.15) is 5.26 Å². The summed E-state index contributed by atoms with van der Waals surface area (Å²) in [4.78, 5) is 12.6. The third-order valence-corrected chi connectivity index (χ3v) is 3.26. The van der Waals surface area contributed by atoms with Gasteiger partial charge in [0.25, 0.3) is 0 Å². The first-order valence-electron chi connectivity index (χ1n) is 6.10. The molecule has 0 unspecified atom stereocenters. The van der Waals surface area contributed by atoms with Crippen molar-refractivity contribution in [3.8, 4) is 6.07 Å². The number of likely N-dealkylation sites (tertiary alicyclic amines) is 1. The molecule has 0 bridgehead atoms. The van der Waals surface area contributed by atoms with Crippen molar-refractivity contribution in [2.24, 2.45) is 5.73 Å². The van der Waals surface area contributed by atoms with Crippen molar-refractivity contribution < 1.29 is 9.18 Å². The van der Waals surface area contributed by atoms with Crippen LogP contribution in [0.3, 0.4) is 0 Å². The quantitative estimate of drug-likeness (QED) is 0.850. The van der Waals surface area contributed by atoms with E-state index in [-0.39, 0.29) is 6.04 Å². The predicted octanol–water partition coefficient (Wildman–Crippen LogP) is 1.65. The van der Waals surface area contributed by atoms with Gasteiger partial charge in [0.2, 0.25) is 0 Å². The molecule has 0 saturated carbocycles. The minimum atomic E-state index is -0.434. The maximum absolute atomic E-state index is 13.7. The Morgan fingerprint density at radius 2 is 2.16 bits per heavy atom. The van der Waals surface area contributed by atoms with Crippen LogP contribution in [0.1, 0.15) is 18.4 Å². The third-order valence-electron chi connectivity index (χ3n) is 3.26. The summed E-state index contributed by atoms with van der Waals surface area (Å²) in [5, 5.41) is 11.8. The number of halogens is 1. The molecule has 6 heteroatoms. The fourth-order valence-electron chi connectivity index (χ4n) is 2.17. The lowest BCUT2D eigenvalue weighted by atomic mass is 10.0. The topological polar surface area (TPSA) is 82.2 Å². The Morgan fingerprint density at radius 1 is 1.47 bits per heavy atom. The number of nitrogens with one attached hydrogen (secondary N) is 1. The SMILES string of the molecule is N#Cc1ccc(NC2CCN(C(N)=O)CC2)c(F)c1. The van der Waals surface area contributed by atoms with Crippen molar-refractivity contribution in [2.45, 2.75) is 18.9 Å². The smallest absolute Gasteiger partial charge is 0.314 e. The van der Waals surface area contributed by atoms with Gasteiger partial charge in [0, 0.05) is 19.1 Å². The van der Waals surface area contributed by atoms with Gasteiger partial charge in [-0.1, -0.05) is 0 Å². The summed E-state index contributed by atoms with van der Waals surface area (Å²) in [5.41, 5.74) is 5.88. The van der Waals surface area contributed by atoms with E-state index in [1.165, 1.54) is 6.07 Å². The Balaban J connectivity index is 1.96. The summed E-state index contributed by atoms with van der Waals surface area (Å²) in [5.74, 6) is -0.434. The zero-order valence-corrected chi connectivity index (χ0v) is 10.4. The summed E-state index contributed by atoms with van der Waals surface area (Å²) in [6.07, 6.45) is 1.45. The second kappa shape index (κ2) is 5.57. The van der Waals surface area contributed by atoms with E-state index in [0.717, 1.165) is 12.8 Å². The first-order chi connectivity index (χ1) is 9.10. The van der Waals surface area contributed by atoms with E-state index in [0.29, 0.717) is 24.3 Å². The number of hydrogen-bond acceptors (Lipinski definition) is 3. The monoisotopic (exact) mass is 262 g/mol. The lowest BCUT2D eigenvalue weighted by Crippen LogP contribution is -2.44. The molecule has 1 aromatic rings. The number of hydrogen-bond donors (Lipinski definition) is 2. The first kappa shape index (κ1) is 13.1. The Hall–Kier alpha value is -2.29. The van der Waals surface area contributed by atoms with Crippen LogP contribution >= 0.6 is 0 Å². The summed E-state index contributed by atoms with van der Waals surface area (Å²) in [6, 6.07) is 5.93. The Kier molecular flexibility index (Phi) is 3.85. The number of nitrogens with two attached hydrogens (primary N) is 1. The summed E-state index contributed by atoms with van der Waals surface area (Å²) in [7, 11) is 0. The van der Waals surface area contributed by atoms with Crippen molar-refractivity contribution in [3.05, 3.63) is 29.6 Å². The van der Waals surface area contributed by atoms with Gasteiger partial charge in [-0.25, -0.2) is 9.18 Å². The van der Waals surface area contributed by atoms with E-state index in [9.17, 15) is 9.18 Å². The van der Waals surface area contributed by atoms with Crippen LogP contribution in [0.2, 0.25) is 0 Å². The lowest BCUT2D eigenvalue weighted by Gasteiger charge is -2.31. The van der Waals surface area contributed by atoms with Crippen LogP contribution in [0.15, 0.2) is 18.2 Å². The van der Waals surface area contributed by atoms with E-state index in [1.54, 1.807) is 17.0 Å². The van der Waals surface area contributed by atoms with Gasteiger partial charge in [-0.05, 0) is 31.0 Å². The number of benzene rings is 1. The van der Waals surface area contributed by atoms with E-state index >= 15 is 0 Å². The minimum Gasteiger partial charge on any atom is -0.380 e. The molecule has 5 nitrogen and oxygen atoms in total. The van der Waals surface area contributed by atoms with Crippen LogP contribution < -0.4 is 11.1 Å². The lowest BCUT2D eigenvalue weighted by molar-refractivity contribution is 0.193. The average molecular weight is 262 g/mol. The minimum absolute atomic E-state index is 0.109. The normalized spacial score (nSPS) is 15.9. The number of amides is 2. The maximum atomic E-state index is 13.7. The molecule has 3 N–H and O–H groups in total. The van der Waals surface area contributed by atoms with Crippen molar-refractivity contribution in [1.29, 1.82) is 5.26 Å². The average Bonchev–Trinajstić information content (AvgIpc) is 2.41. The number of rotatable bonds is 2. The fourth-order valence-corrected chi connectivity index (χ4v) is 2.17. The van der Waals surface area contributed by atoms with E-state index in [4.69, 9.17) is 11.0 Å². The molecule has 2 amide bonds. The van der Waals surface area contributed by atoms with Crippen LogP contribution in [0.25, 0.3) is 0 Å². The maximum Gasteiger partial charge on any atom is 0.314 e. The second-order valence-corrected chi connectivity index (χ2v) is 4.55. The highest BCUT2D eigenvalue weighted by Gasteiger charge is 2.21. The molecular formula is C13H15FN4O. The second-order valence-electron chi connectivity index (χ2n) is 4.55. The molecule has 0 aliphatic carbocycles. The molecule has 0 aromatic heterocycles. The number of carbonyl (C=O) groups is 1. The van der Waals surface area contributed by atoms with Gasteiger partial charge in [-0.15, -0.1) is 0 Å². The van der Waals surface area contributed by atoms with Crippen LogP contribution in [0.4, 0.5) is 14.9 Å². The largest absolute Gasteiger partial charge is 0.380 e. The predicted molar refractivity (Wildman–Crippen MR) is 68.9 cm³/mol. The highest BCUT2D eigenvalue weighted by atomic mass is 19.1. The summed E-state index contributed by atoms with van der Waals surface area (Å²) in [6.45, 7) is 1.15. The number of carbonyl (C=O) groups excluding carboxylic acids is 1. The molecule has 1 aliphatic heterocycles. The van der Waals surface area contributed by atoms with Crippen molar-refractivity contribution in [1.82, 2.24) is 4.90 Å². The van der Waals surface area contributed by atoms with E-state index in [1.807, 2.05) is 6.07 Å². The molecule has 19 heavy (non-hydrogen) atoms. The molecule has 100 valence electrons. The number of nitriles is 1. The Bertz CT molecular complexity index is 518.